The Morgan fingerprint density at radius 1 is 1.15 bits per heavy atom. The third-order valence-electron chi connectivity index (χ3n) is 5.65. The van der Waals surface area contributed by atoms with E-state index in [2.05, 4.69) is 20.1 Å². The number of amides is 2. The van der Waals surface area contributed by atoms with Crippen LogP contribution in [0.3, 0.4) is 0 Å². The second kappa shape index (κ2) is 7.66. The summed E-state index contributed by atoms with van der Waals surface area (Å²) in [5.41, 5.74) is 1.06. The molecule has 0 spiro atoms. The molecule has 144 valence electrons. The molecule has 27 heavy (non-hydrogen) atoms. The Hall–Kier alpha value is -2.44. The average molecular weight is 371 g/mol. The molecule has 1 aromatic carbocycles. The van der Waals surface area contributed by atoms with Crippen molar-refractivity contribution in [2.24, 2.45) is 0 Å². The Morgan fingerprint density at radius 2 is 1.96 bits per heavy atom. The number of aromatic nitrogens is 3. The van der Waals surface area contributed by atoms with E-state index in [1.165, 1.54) is 25.3 Å². The van der Waals surface area contributed by atoms with Crippen LogP contribution >= 0.6 is 0 Å². The molecule has 0 saturated carbocycles. The normalized spacial score (nSPS) is 18.1. The van der Waals surface area contributed by atoms with Crippen LogP contribution in [-0.2, 0) is 13.0 Å². The number of likely N-dealkylation sites (tertiary alicyclic amines) is 1. The summed E-state index contributed by atoms with van der Waals surface area (Å²) in [6.07, 6.45) is 6.35. The number of fused-ring (bicyclic) bond motifs is 1. The Labute approximate surface area is 158 Å². The molecule has 2 aliphatic heterocycles. The second-order valence-corrected chi connectivity index (χ2v) is 7.61. The maximum Gasteiger partial charge on any atom is 0.321 e. The zero-order chi connectivity index (χ0) is 18.8. The summed E-state index contributed by atoms with van der Waals surface area (Å²) < 4.78 is 16.3. The topological polar surface area (TPSA) is 63.1 Å². The van der Waals surface area contributed by atoms with Gasteiger partial charge in [-0.05, 0) is 50.3 Å². The van der Waals surface area contributed by atoms with Crippen LogP contribution in [-0.4, -0.2) is 38.8 Å². The van der Waals surface area contributed by atoms with E-state index in [-0.39, 0.29) is 11.7 Å². The fourth-order valence-electron chi connectivity index (χ4n) is 4.07. The van der Waals surface area contributed by atoms with Crippen molar-refractivity contribution in [2.45, 2.75) is 57.9 Å². The lowest BCUT2D eigenvalue weighted by molar-refractivity contribution is 0.192. The summed E-state index contributed by atoms with van der Waals surface area (Å²) >= 11 is 0. The summed E-state index contributed by atoms with van der Waals surface area (Å²) in [4.78, 5) is 14.3. The van der Waals surface area contributed by atoms with Gasteiger partial charge in [0.25, 0.3) is 0 Å². The minimum atomic E-state index is -0.399. The number of urea groups is 1. The Kier molecular flexibility index (Phi) is 5.09. The number of aryl methyl sites for hydroxylation is 2. The molecule has 3 heterocycles. The molecule has 1 aromatic heterocycles. The van der Waals surface area contributed by atoms with Crippen LogP contribution in [0.4, 0.5) is 14.9 Å². The highest BCUT2D eigenvalue weighted by Gasteiger charge is 2.28. The first kappa shape index (κ1) is 17.9. The fourth-order valence-corrected chi connectivity index (χ4v) is 4.07. The van der Waals surface area contributed by atoms with E-state index in [0.29, 0.717) is 19.0 Å². The number of halogens is 1. The maximum atomic E-state index is 14.0. The van der Waals surface area contributed by atoms with Crippen LogP contribution in [0.1, 0.15) is 55.2 Å². The van der Waals surface area contributed by atoms with Crippen molar-refractivity contribution in [2.75, 3.05) is 18.4 Å². The zero-order valence-corrected chi connectivity index (χ0v) is 15.7. The van der Waals surface area contributed by atoms with Crippen molar-refractivity contribution >= 4 is 11.7 Å². The quantitative estimate of drug-likeness (QED) is 0.872. The first-order valence-electron chi connectivity index (χ1n) is 9.86. The molecule has 0 aliphatic carbocycles. The smallest absolute Gasteiger partial charge is 0.321 e. The monoisotopic (exact) mass is 371 g/mol. The molecule has 1 N–H and O–H groups in total. The van der Waals surface area contributed by atoms with Crippen LogP contribution in [0.5, 0.6) is 0 Å². The van der Waals surface area contributed by atoms with Gasteiger partial charge in [-0.3, -0.25) is 0 Å². The van der Waals surface area contributed by atoms with E-state index in [4.69, 9.17) is 0 Å². The van der Waals surface area contributed by atoms with E-state index in [0.717, 1.165) is 43.0 Å². The van der Waals surface area contributed by atoms with E-state index in [1.807, 2.05) is 6.92 Å². The lowest BCUT2D eigenvalue weighted by Crippen LogP contribution is -2.41. The molecule has 1 saturated heterocycles. The van der Waals surface area contributed by atoms with Gasteiger partial charge in [-0.25, -0.2) is 9.18 Å². The molecule has 2 aliphatic rings. The standard InChI is InChI=1S/C20H26FN5O/c1-14-6-7-17(16(21)13-14)22-20(27)25-11-8-15(9-12-25)19-24-23-18-5-3-2-4-10-26(18)19/h6-7,13,15H,2-5,8-12H2,1H3,(H,22,27). The molecule has 7 heteroatoms. The van der Waals surface area contributed by atoms with Gasteiger partial charge in [0, 0.05) is 32.0 Å². The molecule has 0 unspecified atom stereocenters. The number of hydrogen-bond donors (Lipinski definition) is 1. The number of hydrogen-bond acceptors (Lipinski definition) is 3. The Morgan fingerprint density at radius 3 is 2.74 bits per heavy atom. The van der Waals surface area contributed by atoms with Crippen molar-refractivity contribution < 1.29 is 9.18 Å². The van der Waals surface area contributed by atoms with Crippen LogP contribution in [0.25, 0.3) is 0 Å². The van der Waals surface area contributed by atoms with Crippen molar-refractivity contribution in [3.8, 4) is 0 Å². The molecule has 2 aromatic rings. The first-order valence-corrected chi connectivity index (χ1v) is 9.86. The Balaban J connectivity index is 1.37. The number of anilines is 1. The van der Waals surface area contributed by atoms with E-state index >= 15 is 0 Å². The van der Waals surface area contributed by atoms with E-state index < -0.39 is 5.82 Å². The number of piperidine rings is 1. The molecule has 2 amide bonds. The number of rotatable bonds is 2. The van der Waals surface area contributed by atoms with Gasteiger partial charge in [-0.1, -0.05) is 12.5 Å². The number of carbonyl (C=O) groups is 1. The summed E-state index contributed by atoms with van der Waals surface area (Å²) in [6, 6.07) is 4.60. The molecule has 6 nitrogen and oxygen atoms in total. The highest BCUT2D eigenvalue weighted by atomic mass is 19.1. The van der Waals surface area contributed by atoms with Crippen molar-refractivity contribution in [1.29, 1.82) is 0 Å². The molecule has 4 rings (SSSR count). The minimum absolute atomic E-state index is 0.232. The molecule has 0 atom stereocenters. The maximum absolute atomic E-state index is 14.0. The van der Waals surface area contributed by atoms with Crippen molar-refractivity contribution in [3.05, 3.63) is 41.2 Å². The summed E-state index contributed by atoms with van der Waals surface area (Å²) in [6.45, 7) is 4.12. The SMILES string of the molecule is Cc1ccc(NC(=O)N2CCC(c3nnc4n3CCCCC4)CC2)c(F)c1. The van der Waals surface area contributed by atoms with Gasteiger partial charge in [0.2, 0.25) is 0 Å². The highest BCUT2D eigenvalue weighted by Crippen LogP contribution is 2.29. The molecular weight excluding hydrogens is 345 g/mol. The third-order valence-corrected chi connectivity index (χ3v) is 5.65. The predicted octanol–water partition coefficient (Wildman–Crippen LogP) is 3.86. The van der Waals surface area contributed by atoms with Crippen LogP contribution in [0.15, 0.2) is 18.2 Å². The van der Waals surface area contributed by atoms with Gasteiger partial charge >= 0.3 is 6.03 Å². The first-order chi connectivity index (χ1) is 13.1. The third kappa shape index (κ3) is 3.82. The molecule has 0 radical (unpaired) electrons. The largest absolute Gasteiger partial charge is 0.324 e. The van der Waals surface area contributed by atoms with Crippen LogP contribution in [0.2, 0.25) is 0 Å². The highest BCUT2D eigenvalue weighted by molar-refractivity contribution is 5.89. The van der Waals surface area contributed by atoms with E-state index in [9.17, 15) is 9.18 Å². The number of carbonyl (C=O) groups excluding carboxylic acids is 1. The van der Waals surface area contributed by atoms with Gasteiger partial charge in [0.1, 0.15) is 17.5 Å². The number of benzene rings is 1. The molecule has 1 fully saturated rings. The molecular formula is C20H26FN5O. The second-order valence-electron chi connectivity index (χ2n) is 7.61. The van der Waals surface area contributed by atoms with Gasteiger partial charge in [0.05, 0.1) is 5.69 Å². The van der Waals surface area contributed by atoms with Gasteiger partial charge in [-0.2, -0.15) is 0 Å². The lowest BCUT2D eigenvalue weighted by Gasteiger charge is -2.31. The van der Waals surface area contributed by atoms with Crippen LogP contribution in [0, 0.1) is 12.7 Å². The van der Waals surface area contributed by atoms with Crippen molar-refractivity contribution in [1.82, 2.24) is 19.7 Å². The molecule has 0 bridgehead atoms. The average Bonchev–Trinajstić information content (AvgIpc) is 2.92. The summed E-state index contributed by atoms with van der Waals surface area (Å²) in [7, 11) is 0. The summed E-state index contributed by atoms with van der Waals surface area (Å²) in [5.74, 6) is 2.13. The van der Waals surface area contributed by atoms with Crippen LogP contribution < -0.4 is 5.32 Å². The minimum Gasteiger partial charge on any atom is -0.324 e. The zero-order valence-electron chi connectivity index (χ0n) is 15.7. The Bertz CT molecular complexity index is 826. The fraction of sp³-hybridized carbons (Fsp3) is 0.550. The van der Waals surface area contributed by atoms with Gasteiger partial charge < -0.3 is 14.8 Å². The van der Waals surface area contributed by atoms with Gasteiger partial charge in [0.15, 0.2) is 0 Å². The van der Waals surface area contributed by atoms with E-state index in [1.54, 1.807) is 17.0 Å². The lowest BCUT2D eigenvalue weighted by atomic mass is 9.96. The predicted molar refractivity (Wildman–Crippen MR) is 101 cm³/mol. The van der Waals surface area contributed by atoms with Crippen molar-refractivity contribution in [3.63, 3.8) is 0 Å². The number of nitrogens with zero attached hydrogens (tertiary/aromatic N) is 4. The van der Waals surface area contributed by atoms with Gasteiger partial charge in [-0.15, -0.1) is 10.2 Å². The number of nitrogens with one attached hydrogen (secondary N) is 1. The summed E-state index contributed by atoms with van der Waals surface area (Å²) in [5, 5.41) is 11.6.